The van der Waals surface area contributed by atoms with Crippen LogP contribution in [0.15, 0.2) is 49.1 Å². The van der Waals surface area contributed by atoms with Gasteiger partial charge in [-0.3, -0.25) is 4.98 Å². The highest BCUT2D eigenvalue weighted by Gasteiger charge is 2.11. The fraction of sp³-hybridized carbons (Fsp3) is 0.190. The van der Waals surface area contributed by atoms with Crippen LogP contribution >= 0.6 is 11.6 Å². The Morgan fingerprint density at radius 3 is 2.79 bits per heavy atom. The zero-order valence-electron chi connectivity index (χ0n) is 15.2. The number of nitrogens with zero attached hydrogens (tertiary/aromatic N) is 3. The van der Waals surface area contributed by atoms with Gasteiger partial charge in [-0.15, -0.1) is 0 Å². The molecule has 4 aromatic rings. The molecule has 5 nitrogen and oxygen atoms in total. The molecule has 4 rings (SSSR count). The average molecular weight is 397 g/mol. The van der Waals surface area contributed by atoms with Crippen LogP contribution in [0.4, 0.5) is 4.39 Å². The van der Waals surface area contributed by atoms with Crippen molar-refractivity contribution in [1.82, 2.24) is 19.9 Å². The Kier molecular flexibility index (Phi) is 5.21. The van der Waals surface area contributed by atoms with Gasteiger partial charge >= 0.3 is 0 Å². The smallest absolute Gasteiger partial charge is 0.141 e. The van der Waals surface area contributed by atoms with Gasteiger partial charge in [0, 0.05) is 29.9 Å². The molecule has 7 heteroatoms. The van der Waals surface area contributed by atoms with E-state index in [1.54, 1.807) is 19.5 Å². The molecule has 0 aliphatic carbocycles. The van der Waals surface area contributed by atoms with Gasteiger partial charge in [-0.25, -0.2) is 14.4 Å². The first-order valence-electron chi connectivity index (χ1n) is 8.86. The van der Waals surface area contributed by atoms with Crippen LogP contribution in [0.25, 0.3) is 11.0 Å². The lowest BCUT2D eigenvalue weighted by Gasteiger charge is -2.07. The van der Waals surface area contributed by atoms with Crippen LogP contribution in [-0.4, -0.2) is 27.0 Å². The SMILES string of the molecule is COc1cnc2[nH]cc(Cc3ccc(CCc4cncc(F)c4)nc3Cl)c2c1. The number of ether oxygens (including phenoxy) is 1. The standard InChI is InChI=1S/C21H18ClFN4O/c1-28-18-8-19-15(10-25-21(19)26-12-18)7-14-3-5-17(27-20(14)22)4-2-13-6-16(23)11-24-9-13/h3,5-6,8-12H,2,4,7H2,1H3,(H,25,26). The second-order valence-electron chi connectivity index (χ2n) is 6.53. The van der Waals surface area contributed by atoms with Crippen molar-refractivity contribution < 1.29 is 9.13 Å². The minimum Gasteiger partial charge on any atom is -0.495 e. The summed E-state index contributed by atoms with van der Waals surface area (Å²) in [5.74, 6) is 0.378. The van der Waals surface area contributed by atoms with Crippen LogP contribution in [-0.2, 0) is 19.3 Å². The summed E-state index contributed by atoms with van der Waals surface area (Å²) in [6.45, 7) is 0. The number of H-pyrrole nitrogens is 1. The number of methoxy groups -OCH3 is 1. The Morgan fingerprint density at radius 1 is 1.11 bits per heavy atom. The maximum absolute atomic E-state index is 13.2. The van der Waals surface area contributed by atoms with Gasteiger partial charge in [0.2, 0.25) is 0 Å². The van der Waals surface area contributed by atoms with E-state index in [1.165, 1.54) is 12.3 Å². The van der Waals surface area contributed by atoms with Gasteiger partial charge in [-0.2, -0.15) is 0 Å². The van der Waals surface area contributed by atoms with Crippen LogP contribution < -0.4 is 4.74 Å². The van der Waals surface area contributed by atoms with Crippen molar-refractivity contribution in [2.24, 2.45) is 0 Å². The van der Waals surface area contributed by atoms with E-state index in [-0.39, 0.29) is 5.82 Å². The number of aromatic amines is 1. The molecule has 0 spiro atoms. The summed E-state index contributed by atoms with van der Waals surface area (Å²) >= 11 is 6.43. The van der Waals surface area contributed by atoms with Crippen LogP contribution in [0.1, 0.15) is 22.4 Å². The van der Waals surface area contributed by atoms with Crippen molar-refractivity contribution in [3.63, 3.8) is 0 Å². The predicted molar refractivity (Wildman–Crippen MR) is 106 cm³/mol. The van der Waals surface area contributed by atoms with Gasteiger partial charge < -0.3 is 9.72 Å². The summed E-state index contributed by atoms with van der Waals surface area (Å²) in [6.07, 6.45) is 8.43. The van der Waals surface area contributed by atoms with Gasteiger partial charge in [-0.1, -0.05) is 17.7 Å². The molecule has 0 aromatic carbocycles. The minimum absolute atomic E-state index is 0.330. The molecule has 0 bridgehead atoms. The van der Waals surface area contributed by atoms with E-state index in [2.05, 4.69) is 19.9 Å². The first-order chi connectivity index (χ1) is 13.6. The molecule has 0 amide bonds. The van der Waals surface area contributed by atoms with Crippen LogP contribution in [0.3, 0.4) is 0 Å². The molecule has 142 valence electrons. The third kappa shape index (κ3) is 3.97. The Hall–Kier alpha value is -2.99. The molecule has 0 aliphatic heterocycles. The number of nitrogens with one attached hydrogen (secondary N) is 1. The molecule has 0 fully saturated rings. The lowest BCUT2D eigenvalue weighted by molar-refractivity contribution is 0.413. The third-order valence-corrected chi connectivity index (χ3v) is 4.95. The summed E-state index contributed by atoms with van der Waals surface area (Å²) in [5, 5.41) is 1.47. The lowest BCUT2D eigenvalue weighted by atomic mass is 10.0. The first kappa shape index (κ1) is 18.4. The quantitative estimate of drug-likeness (QED) is 0.486. The number of aryl methyl sites for hydroxylation is 2. The molecule has 0 saturated heterocycles. The zero-order valence-corrected chi connectivity index (χ0v) is 16.0. The maximum atomic E-state index is 13.2. The summed E-state index contributed by atoms with van der Waals surface area (Å²) in [5.41, 5.74) is 4.51. The number of rotatable bonds is 6. The summed E-state index contributed by atoms with van der Waals surface area (Å²) < 4.78 is 18.5. The van der Waals surface area contributed by atoms with Gasteiger partial charge in [0.25, 0.3) is 0 Å². The largest absolute Gasteiger partial charge is 0.495 e. The van der Waals surface area contributed by atoms with Crippen LogP contribution in [0, 0.1) is 5.82 Å². The second kappa shape index (κ2) is 7.94. The van der Waals surface area contributed by atoms with Crippen molar-refractivity contribution >= 4 is 22.6 Å². The van der Waals surface area contributed by atoms with Crippen LogP contribution in [0.2, 0.25) is 5.15 Å². The molecule has 4 aromatic heterocycles. The third-order valence-electron chi connectivity index (χ3n) is 4.62. The highest BCUT2D eigenvalue weighted by atomic mass is 35.5. The van der Waals surface area contributed by atoms with Gasteiger partial charge in [0.05, 0.1) is 19.5 Å². The van der Waals surface area contributed by atoms with Crippen molar-refractivity contribution in [3.05, 3.63) is 82.4 Å². The van der Waals surface area contributed by atoms with Gasteiger partial charge in [-0.05, 0) is 47.7 Å². The molecule has 28 heavy (non-hydrogen) atoms. The summed E-state index contributed by atoms with van der Waals surface area (Å²) in [4.78, 5) is 15.9. The van der Waals surface area contributed by atoms with Crippen molar-refractivity contribution in [2.45, 2.75) is 19.3 Å². The van der Waals surface area contributed by atoms with Gasteiger partial charge in [0.15, 0.2) is 0 Å². The van der Waals surface area contributed by atoms with Crippen molar-refractivity contribution in [2.75, 3.05) is 7.11 Å². The first-order valence-corrected chi connectivity index (χ1v) is 9.24. The number of halogens is 2. The number of hydrogen-bond donors (Lipinski definition) is 1. The monoisotopic (exact) mass is 396 g/mol. The molecule has 0 radical (unpaired) electrons. The molecule has 4 heterocycles. The zero-order chi connectivity index (χ0) is 19.5. The second-order valence-corrected chi connectivity index (χ2v) is 6.88. The van der Waals surface area contributed by atoms with Crippen molar-refractivity contribution in [1.29, 1.82) is 0 Å². The molecule has 0 unspecified atom stereocenters. The van der Waals surface area contributed by atoms with Crippen molar-refractivity contribution in [3.8, 4) is 5.75 Å². The highest BCUT2D eigenvalue weighted by Crippen LogP contribution is 2.26. The summed E-state index contributed by atoms with van der Waals surface area (Å²) in [6, 6.07) is 7.39. The van der Waals surface area contributed by atoms with E-state index >= 15 is 0 Å². The molecule has 0 atom stereocenters. The van der Waals surface area contributed by atoms with E-state index in [0.29, 0.717) is 30.2 Å². The molecular weight excluding hydrogens is 379 g/mol. The number of pyridine rings is 3. The Balaban J connectivity index is 1.50. The Morgan fingerprint density at radius 2 is 2.00 bits per heavy atom. The molecule has 0 aliphatic rings. The fourth-order valence-electron chi connectivity index (χ4n) is 3.14. The lowest BCUT2D eigenvalue weighted by Crippen LogP contribution is -1.99. The minimum atomic E-state index is -0.330. The number of fused-ring (bicyclic) bond motifs is 1. The van der Waals surface area contributed by atoms with Crippen LogP contribution in [0.5, 0.6) is 5.75 Å². The summed E-state index contributed by atoms with van der Waals surface area (Å²) in [7, 11) is 1.62. The van der Waals surface area contributed by atoms with E-state index < -0.39 is 0 Å². The molecule has 1 N–H and O–H groups in total. The Bertz CT molecular complexity index is 1130. The number of aromatic nitrogens is 4. The molecular formula is C21H18ClFN4O. The topological polar surface area (TPSA) is 63.7 Å². The average Bonchev–Trinajstić information content (AvgIpc) is 3.10. The fourth-order valence-corrected chi connectivity index (χ4v) is 3.38. The van der Waals surface area contributed by atoms with E-state index in [1.807, 2.05) is 24.4 Å². The van der Waals surface area contributed by atoms with E-state index in [4.69, 9.17) is 16.3 Å². The highest BCUT2D eigenvalue weighted by molar-refractivity contribution is 6.30. The molecule has 0 saturated carbocycles. The Labute approximate surface area is 166 Å². The number of hydrogen-bond acceptors (Lipinski definition) is 4. The van der Waals surface area contributed by atoms with Gasteiger partial charge in [0.1, 0.15) is 22.4 Å². The normalized spacial score (nSPS) is 11.1. The van der Waals surface area contributed by atoms with E-state index in [9.17, 15) is 4.39 Å². The predicted octanol–water partition coefficient (Wildman–Crippen LogP) is 4.53. The maximum Gasteiger partial charge on any atom is 0.141 e. The van der Waals surface area contributed by atoms with E-state index in [0.717, 1.165) is 33.4 Å².